The van der Waals surface area contributed by atoms with Crippen LogP contribution in [0.15, 0.2) is 109 Å². The van der Waals surface area contributed by atoms with Crippen molar-refractivity contribution < 1.29 is 9.47 Å². The quantitative estimate of drug-likeness (QED) is 0.174. The Morgan fingerprint density at radius 2 is 1.23 bits per heavy atom. The number of nitrogens with one attached hydrogen (secondary N) is 2. The van der Waals surface area contributed by atoms with Gasteiger partial charge in [0.25, 0.3) is 0 Å². The lowest BCUT2D eigenvalue weighted by atomic mass is 9.82. The molecule has 1 aliphatic carbocycles. The van der Waals surface area contributed by atoms with E-state index in [1.807, 2.05) is 72.8 Å². The summed E-state index contributed by atoms with van der Waals surface area (Å²) >= 11 is 1.15. The van der Waals surface area contributed by atoms with E-state index in [1.165, 1.54) is 22.3 Å². The fourth-order valence-corrected chi connectivity index (χ4v) is 6.43. The van der Waals surface area contributed by atoms with Gasteiger partial charge in [-0.15, -0.1) is 0 Å². The van der Waals surface area contributed by atoms with E-state index < -0.39 is 0 Å². The number of fused-ring (bicyclic) bond motifs is 5. The Hall–Kier alpha value is -4.61. The van der Waals surface area contributed by atoms with Crippen molar-refractivity contribution in [2.45, 2.75) is 19.3 Å². The zero-order chi connectivity index (χ0) is 27.4. The average Bonchev–Trinajstić information content (AvgIpc) is 3.20. The number of hydrogen-bond donors (Lipinski definition) is 2. The first-order valence-electron chi connectivity index (χ1n) is 13.2. The summed E-state index contributed by atoms with van der Waals surface area (Å²) in [6.07, 6.45) is 0. The van der Waals surface area contributed by atoms with Gasteiger partial charge in [-0.3, -0.25) is 10.8 Å². The lowest BCUT2D eigenvalue weighted by molar-refractivity contribution is 0.359. The lowest BCUT2D eigenvalue weighted by Gasteiger charge is -2.25. The number of benzene rings is 5. The fourth-order valence-electron chi connectivity index (χ4n) is 5.68. The van der Waals surface area contributed by atoms with Crippen LogP contribution in [0.1, 0.15) is 36.1 Å². The van der Waals surface area contributed by atoms with Crippen molar-refractivity contribution in [1.82, 2.24) is 0 Å². The van der Waals surface area contributed by atoms with Crippen LogP contribution in [-0.4, -0.2) is 10.1 Å². The van der Waals surface area contributed by atoms with E-state index in [0.717, 1.165) is 39.8 Å². The largest absolute Gasteiger partial charge is 0.450 e. The molecule has 5 aromatic rings. The van der Waals surface area contributed by atoms with Gasteiger partial charge in [0, 0.05) is 16.5 Å². The zero-order valence-corrected chi connectivity index (χ0v) is 22.9. The molecule has 0 saturated carbocycles. The first-order chi connectivity index (χ1) is 19.4. The van der Waals surface area contributed by atoms with E-state index in [2.05, 4.69) is 50.2 Å². The van der Waals surface area contributed by atoms with Crippen molar-refractivity contribution in [2.24, 2.45) is 0 Å². The third-order valence-corrected chi connectivity index (χ3v) is 8.62. The molecule has 0 saturated heterocycles. The Morgan fingerprint density at radius 3 is 2.05 bits per heavy atom. The molecule has 1 heterocycles. The third-order valence-electron chi connectivity index (χ3n) is 7.75. The van der Waals surface area contributed by atoms with Gasteiger partial charge in [-0.25, -0.2) is 0 Å². The van der Waals surface area contributed by atoms with Crippen molar-refractivity contribution in [2.75, 3.05) is 0 Å². The third kappa shape index (κ3) is 3.93. The van der Waals surface area contributed by atoms with Crippen LogP contribution < -0.4 is 9.47 Å². The van der Waals surface area contributed by atoms with Crippen LogP contribution in [0.5, 0.6) is 23.0 Å². The van der Waals surface area contributed by atoms with Crippen LogP contribution in [0.25, 0.3) is 22.3 Å². The van der Waals surface area contributed by atoms with Crippen LogP contribution in [0, 0.1) is 10.8 Å². The Kier molecular flexibility index (Phi) is 5.65. The molecule has 7 rings (SSSR count). The molecule has 0 unspecified atom stereocenters. The van der Waals surface area contributed by atoms with Gasteiger partial charge in [-0.2, -0.15) is 0 Å². The molecule has 5 heteroatoms. The highest BCUT2D eigenvalue weighted by molar-refractivity contribution is 8.27. The molecule has 0 atom stereocenters. The summed E-state index contributed by atoms with van der Waals surface area (Å²) in [6, 6.07) is 36.0. The summed E-state index contributed by atoms with van der Waals surface area (Å²) in [7, 11) is 0. The molecule has 40 heavy (non-hydrogen) atoms. The van der Waals surface area contributed by atoms with Gasteiger partial charge in [0.05, 0.1) is 0 Å². The number of thioether (sulfide) groups is 1. The molecule has 5 aromatic carbocycles. The molecule has 2 aliphatic rings. The molecule has 2 N–H and O–H groups in total. The summed E-state index contributed by atoms with van der Waals surface area (Å²) in [5, 5.41) is 18.0. The maximum absolute atomic E-state index is 8.81. The van der Waals surface area contributed by atoms with Gasteiger partial charge in [0.15, 0.2) is 23.0 Å². The Labute approximate surface area is 237 Å². The van der Waals surface area contributed by atoms with E-state index in [9.17, 15) is 0 Å². The SMILES string of the molecule is CC1(C)c2ccccc2-c2cc3c(cc21)Oc1ccc(-c2ccccc2C(=N)SC(=N)c2ccccc2)cc1O3. The number of rotatable bonds is 3. The Morgan fingerprint density at radius 1 is 0.575 bits per heavy atom. The number of ether oxygens (including phenoxy) is 2. The normalized spacial score (nSPS) is 13.7. The molecular formula is C35H26N2O2S. The second-order valence-corrected chi connectivity index (χ2v) is 11.6. The molecule has 4 nitrogen and oxygen atoms in total. The predicted molar refractivity (Wildman–Crippen MR) is 164 cm³/mol. The summed E-state index contributed by atoms with van der Waals surface area (Å²) in [4.78, 5) is 0. The highest BCUT2D eigenvalue weighted by atomic mass is 32.2. The van der Waals surface area contributed by atoms with Crippen LogP contribution in [0.3, 0.4) is 0 Å². The molecule has 0 amide bonds. The van der Waals surface area contributed by atoms with Gasteiger partial charge in [-0.1, -0.05) is 111 Å². The second-order valence-electron chi connectivity index (χ2n) is 10.6. The van der Waals surface area contributed by atoms with E-state index in [-0.39, 0.29) is 5.41 Å². The summed E-state index contributed by atoms with van der Waals surface area (Å²) < 4.78 is 12.8. The molecule has 0 fully saturated rings. The van der Waals surface area contributed by atoms with Crippen LogP contribution in [0.4, 0.5) is 0 Å². The standard InChI is InChI=1S/C35H26N2O2S/c1-35(2)27-15-9-8-13-24(27)26-19-31-32(20-28(26)35)38-29-17-16-22(18-30(29)39-31)23-12-6-7-14-25(23)34(37)40-33(36)21-10-4-3-5-11-21/h3-20,36-37H,1-2H3. The minimum atomic E-state index is -0.114. The maximum Gasteiger partial charge on any atom is 0.170 e. The van der Waals surface area contributed by atoms with Gasteiger partial charge in [0.1, 0.15) is 10.1 Å². The molecule has 0 aromatic heterocycles. The molecule has 194 valence electrons. The molecule has 0 bridgehead atoms. The molecule has 0 spiro atoms. The Bertz CT molecular complexity index is 1840. The van der Waals surface area contributed by atoms with Gasteiger partial charge in [-0.05, 0) is 57.6 Å². The highest BCUT2D eigenvalue weighted by Gasteiger charge is 2.37. The topological polar surface area (TPSA) is 66.2 Å². The van der Waals surface area contributed by atoms with Gasteiger partial charge >= 0.3 is 0 Å². The molecule has 0 radical (unpaired) electrons. The first-order valence-corrected chi connectivity index (χ1v) is 14.0. The zero-order valence-electron chi connectivity index (χ0n) is 22.1. The lowest BCUT2D eigenvalue weighted by Crippen LogP contribution is -2.15. The summed E-state index contributed by atoms with van der Waals surface area (Å²) in [5.41, 5.74) is 8.24. The van der Waals surface area contributed by atoms with Crippen LogP contribution >= 0.6 is 11.8 Å². The van der Waals surface area contributed by atoms with E-state index in [1.54, 1.807) is 0 Å². The monoisotopic (exact) mass is 538 g/mol. The van der Waals surface area contributed by atoms with Crippen molar-refractivity contribution in [3.63, 3.8) is 0 Å². The van der Waals surface area contributed by atoms with Crippen molar-refractivity contribution >= 4 is 21.8 Å². The average molecular weight is 539 g/mol. The minimum absolute atomic E-state index is 0.114. The van der Waals surface area contributed by atoms with Crippen molar-refractivity contribution in [3.05, 3.63) is 131 Å². The minimum Gasteiger partial charge on any atom is -0.450 e. The maximum atomic E-state index is 8.81. The smallest absolute Gasteiger partial charge is 0.170 e. The van der Waals surface area contributed by atoms with Crippen molar-refractivity contribution in [3.8, 4) is 45.3 Å². The Balaban J connectivity index is 1.21. The fraction of sp³-hybridized carbons (Fsp3) is 0.0857. The van der Waals surface area contributed by atoms with E-state index in [0.29, 0.717) is 27.3 Å². The van der Waals surface area contributed by atoms with E-state index >= 15 is 0 Å². The van der Waals surface area contributed by atoms with Gasteiger partial charge < -0.3 is 9.47 Å². The molecular weight excluding hydrogens is 512 g/mol. The van der Waals surface area contributed by atoms with Crippen LogP contribution in [0.2, 0.25) is 0 Å². The first kappa shape index (κ1) is 24.4. The van der Waals surface area contributed by atoms with Crippen LogP contribution in [-0.2, 0) is 5.41 Å². The summed E-state index contributed by atoms with van der Waals surface area (Å²) in [6.45, 7) is 4.51. The predicted octanol–water partition coefficient (Wildman–Crippen LogP) is 9.64. The van der Waals surface area contributed by atoms with Gasteiger partial charge in [0.2, 0.25) is 0 Å². The molecule has 1 aliphatic heterocycles. The second kappa shape index (κ2) is 9.25. The number of hydrogen-bond acceptors (Lipinski definition) is 5. The summed E-state index contributed by atoms with van der Waals surface area (Å²) in [5.74, 6) is 2.72. The van der Waals surface area contributed by atoms with Crippen molar-refractivity contribution in [1.29, 1.82) is 10.8 Å². The van der Waals surface area contributed by atoms with E-state index in [4.69, 9.17) is 20.3 Å². The highest BCUT2D eigenvalue weighted by Crippen LogP contribution is 2.55.